The Hall–Kier alpha value is -2.13. The van der Waals surface area contributed by atoms with Crippen molar-refractivity contribution in [3.8, 4) is 0 Å². The Morgan fingerprint density at radius 3 is 2.37 bits per heavy atom. The van der Waals surface area contributed by atoms with Gasteiger partial charge in [0, 0.05) is 35.5 Å². The van der Waals surface area contributed by atoms with Crippen LogP contribution in [0.2, 0.25) is 0 Å². The third-order valence-electron chi connectivity index (χ3n) is 9.86. The standard InChI is InChI=1S/C28H35ClF2O7/c1-6-23(35)37-13-22(34)28(38-24(36)7-2)14(3)8-15-16-9-19(30)17-10-20(32)18(29)11-25(17,4)27(16,31)21(33)12-26(15,28)5/h10-11,14-16,19,21,33H,6-9,12-13H2,1-5H3/t14-,15+,16+,19+,21+,25+,26+,27+,28+/m1/s1. The SMILES string of the molecule is CCC(=O)OCC(=O)[C@@]1(OC(=O)CC)[C@H](C)C[C@H]2[C@@H]3C[C@H](F)C4=CC(=O)C(Cl)=C[C@]4(C)[C@@]3(F)[C@@H](O)C[C@@]21C. The molecule has 38 heavy (non-hydrogen) atoms. The van der Waals surface area contributed by atoms with Gasteiger partial charge in [0.2, 0.25) is 5.78 Å². The Bertz CT molecular complexity index is 1140. The number of ether oxygens (including phenoxy) is 2. The van der Waals surface area contributed by atoms with E-state index in [9.17, 15) is 24.3 Å². The average Bonchev–Trinajstić information content (AvgIpc) is 3.07. The molecule has 0 heterocycles. The second-order valence-electron chi connectivity index (χ2n) is 11.6. The summed E-state index contributed by atoms with van der Waals surface area (Å²) >= 11 is 6.11. The van der Waals surface area contributed by atoms with Crippen molar-refractivity contribution in [1.29, 1.82) is 0 Å². The van der Waals surface area contributed by atoms with Gasteiger partial charge in [-0.15, -0.1) is 0 Å². The number of esters is 2. The molecule has 3 saturated carbocycles. The van der Waals surface area contributed by atoms with Gasteiger partial charge in [-0.25, -0.2) is 8.78 Å². The van der Waals surface area contributed by atoms with Crippen LogP contribution in [-0.2, 0) is 28.7 Å². The predicted molar refractivity (Wildman–Crippen MR) is 133 cm³/mol. The van der Waals surface area contributed by atoms with Crippen LogP contribution in [0.15, 0.2) is 22.8 Å². The van der Waals surface area contributed by atoms with E-state index < -0.39 is 82.2 Å². The molecule has 0 radical (unpaired) electrons. The molecule has 210 valence electrons. The van der Waals surface area contributed by atoms with Crippen molar-refractivity contribution < 1.29 is 42.5 Å². The molecule has 0 amide bonds. The molecule has 3 fully saturated rings. The van der Waals surface area contributed by atoms with E-state index in [-0.39, 0.29) is 42.7 Å². The highest BCUT2D eigenvalue weighted by molar-refractivity contribution is 6.44. The minimum absolute atomic E-state index is 0.0353. The van der Waals surface area contributed by atoms with Crippen LogP contribution in [-0.4, -0.2) is 58.8 Å². The molecule has 0 aromatic carbocycles. The number of alkyl halides is 2. The Morgan fingerprint density at radius 1 is 1.13 bits per heavy atom. The van der Waals surface area contributed by atoms with Gasteiger partial charge in [0.25, 0.3) is 0 Å². The number of carbonyl (C=O) groups excluding carboxylic acids is 4. The lowest BCUT2D eigenvalue weighted by Gasteiger charge is -2.63. The molecule has 7 nitrogen and oxygen atoms in total. The number of fused-ring (bicyclic) bond motifs is 5. The first kappa shape index (κ1) is 28.9. The Labute approximate surface area is 225 Å². The first-order valence-electron chi connectivity index (χ1n) is 13.2. The number of allylic oxidation sites excluding steroid dienone is 4. The van der Waals surface area contributed by atoms with Gasteiger partial charge in [0.05, 0.1) is 11.1 Å². The van der Waals surface area contributed by atoms with Crippen LogP contribution in [0.1, 0.15) is 66.7 Å². The second kappa shape index (κ2) is 9.51. The summed E-state index contributed by atoms with van der Waals surface area (Å²) in [4.78, 5) is 50.6. The summed E-state index contributed by atoms with van der Waals surface area (Å²) in [5, 5.41) is 11.3. The van der Waals surface area contributed by atoms with Crippen LogP contribution in [0.25, 0.3) is 0 Å². The Morgan fingerprint density at radius 2 is 1.76 bits per heavy atom. The predicted octanol–water partition coefficient (Wildman–Crippen LogP) is 4.33. The molecule has 4 aliphatic rings. The summed E-state index contributed by atoms with van der Waals surface area (Å²) in [6, 6.07) is 0. The number of Topliss-reactive ketones (excluding diaryl/α,β-unsaturated/α-hetero) is 1. The van der Waals surface area contributed by atoms with E-state index in [1.165, 1.54) is 13.0 Å². The van der Waals surface area contributed by atoms with Gasteiger partial charge in [0.15, 0.2) is 23.7 Å². The summed E-state index contributed by atoms with van der Waals surface area (Å²) in [7, 11) is 0. The molecule has 0 aliphatic heterocycles. The molecule has 9 atom stereocenters. The molecule has 4 rings (SSSR count). The quantitative estimate of drug-likeness (QED) is 0.485. The first-order chi connectivity index (χ1) is 17.6. The lowest BCUT2D eigenvalue weighted by Crippen LogP contribution is -2.71. The number of ketones is 2. The number of carbonyl (C=O) groups is 4. The maximum atomic E-state index is 17.5. The number of halogens is 3. The number of aliphatic hydroxyl groups excluding tert-OH is 1. The third kappa shape index (κ3) is 3.67. The van der Waals surface area contributed by atoms with Crippen LogP contribution in [0.3, 0.4) is 0 Å². The van der Waals surface area contributed by atoms with Gasteiger partial charge in [-0.3, -0.25) is 19.2 Å². The zero-order chi connectivity index (χ0) is 28.4. The molecule has 0 spiro atoms. The van der Waals surface area contributed by atoms with Crippen molar-refractivity contribution in [2.75, 3.05) is 6.61 Å². The fourth-order valence-electron chi connectivity index (χ4n) is 8.05. The first-order valence-corrected chi connectivity index (χ1v) is 13.6. The molecule has 4 aliphatic carbocycles. The van der Waals surface area contributed by atoms with E-state index >= 15 is 8.78 Å². The lowest BCUT2D eigenvalue weighted by molar-refractivity contribution is -0.232. The van der Waals surface area contributed by atoms with E-state index in [0.717, 1.165) is 6.08 Å². The minimum atomic E-state index is -2.41. The number of aliphatic hydroxyl groups is 1. The van der Waals surface area contributed by atoms with Crippen LogP contribution < -0.4 is 0 Å². The Kier molecular flexibility index (Phi) is 7.22. The van der Waals surface area contributed by atoms with Crippen molar-refractivity contribution >= 4 is 35.1 Å². The van der Waals surface area contributed by atoms with E-state index in [0.29, 0.717) is 0 Å². The highest BCUT2D eigenvalue weighted by Crippen LogP contribution is 2.72. The molecule has 10 heteroatoms. The van der Waals surface area contributed by atoms with Crippen molar-refractivity contribution in [2.45, 2.75) is 90.3 Å². The average molecular weight is 557 g/mol. The molecule has 0 unspecified atom stereocenters. The molecule has 0 saturated heterocycles. The van der Waals surface area contributed by atoms with Gasteiger partial charge in [-0.05, 0) is 49.8 Å². The van der Waals surface area contributed by atoms with Crippen LogP contribution in [0, 0.1) is 28.6 Å². The maximum absolute atomic E-state index is 17.5. The van der Waals surface area contributed by atoms with Crippen LogP contribution in [0.5, 0.6) is 0 Å². The van der Waals surface area contributed by atoms with Crippen molar-refractivity contribution in [1.82, 2.24) is 0 Å². The normalized spacial score (nSPS) is 43.7. The fraction of sp³-hybridized carbons (Fsp3) is 0.714. The molecule has 1 N–H and O–H groups in total. The van der Waals surface area contributed by atoms with Gasteiger partial charge < -0.3 is 14.6 Å². The van der Waals surface area contributed by atoms with Gasteiger partial charge in [-0.2, -0.15) is 0 Å². The van der Waals surface area contributed by atoms with E-state index in [1.807, 2.05) is 0 Å². The van der Waals surface area contributed by atoms with E-state index in [2.05, 4.69) is 0 Å². The summed E-state index contributed by atoms with van der Waals surface area (Å²) in [5.41, 5.74) is -7.28. The molecular formula is C28H35ClF2O7. The van der Waals surface area contributed by atoms with Crippen molar-refractivity contribution in [2.24, 2.45) is 28.6 Å². The van der Waals surface area contributed by atoms with E-state index in [4.69, 9.17) is 21.1 Å². The zero-order valence-corrected chi connectivity index (χ0v) is 23.1. The van der Waals surface area contributed by atoms with Crippen molar-refractivity contribution in [3.63, 3.8) is 0 Å². The number of hydrogen-bond donors (Lipinski definition) is 1. The third-order valence-corrected chi connectivity index (χ3v) is 10.2. The van der Waals surface area contributed by atoms with E-state index in [1.54, 1.807) is 27.7 Å². The summed E-state index contributed by atoms with van der Waals surface area (Å²) < 4.78 is 44.2. The molecular weight excluding hydrogens is 522 g/mol. The largest absolute Gasteiger partial charge is 0.457 e. The van der Waals surface area contributed by atoms with Gasteiger partial charge in [-0.1, -0.05) is 39.3 Å². The van der Waals surface area contributed by atoms with Gasteiger partial charge in [0.1, 0.15) is 6.17 Å². The van der Waals surface area contributed by atoms with Crippen molar-refractivity contribution in [3.05, 3.63) is 22.8 Å². The fourth-order valence-corrected chi connectivity index (χ4v) is 8.33. The van der Waals surface area contributed by atoms with Gasteiger partial charge >= 0.3 is 11.9 Å². The second-order valence-corrected chi connectivity index (χ2v) is 12.0. The highest BCUT2D eigenvalue weighted by atomic mass is 35.5. The number of hydrogen-bond acceptors (Lipinski definition) is 7. The summed E-state index contributed by atoms with van der Waals surface area (Å²) in [6.07, 6.45) is -1.54. The molecule has 0 bridgehead atoms. The Balaban J connectivity index is 1.85. The topological polar surface area (TPSA) is 107 Å². The summed E-state index contributed by atoms with van der Waals surface area (Å²) in [6.45, 7) is 7.32. The summed E-state index contributed by atoms with van der Waals surface area (Å²) in [5.74, 6) is -4.94. The molecule has 0 aromatic heterocycles. The van der Waals surface area contributed by atoms with Crippen LogP contribution >= 0.6 is 11.6 Å². The zero-order valence-electron chi connectivity index (χ0n) is 22.3. The monoisotopic (exact) mass is 556 g/mol. The number of rotatable bonds is 6. The lowest BCUT2D eigenvalue weighted by atomic mass is 9.44. The van der Waals surface area contributed by atoms with Crippen LogP contribution in [0.4, 0.5) is 8.78 Å². The maximum Gasteiger partial charge on any atom is 0.306 e. The highest BCUT2D eigenvalue weighted by Gasteiger charge is 2.78. The molecule has 0 aromatic rings. The smallest absolute Gasteiger partial charge is 0.306 e. The minimum Gasteiger partial charge on any atom is -0.457 e.